The van der Waals surface area contributed by atoms with Gasteiger partial charge >= 0.3 is 0 Å². The highest BCUT2D eigenvalue weighted by atomic mass is 35.5. The summed E-state index contributed by atoms with van der Waals surface area (Å²) in [5.41, 5.74) is 2.02. The molecule has 4 atom stereocenters. The van der Waals surface area contributed by atoms with Gasteiger partial charge in [-0.3, -0.25) is 9.59 Å². The number of carbonyl (C=O) groups is 1. The number of aromatic nitrogens is 1. The molecule has 2 bridgehead atoms. The van der Waals surface area contributed by atoms with E-state index in [1.807, 2.05) is 13.0 Å². The SMILES string of the molecule is C[C@H](NC(=O)c1cn(C23CC(C2)C3)c(=O)cc1NC1[C@H]2CN(C)C[C@@H]12)c1cccc(C#N)c1Cl. The Morgan fingerprint density at radius 3 is 2.59 bits per heavy atom. The lowest BCUT2D eigenvalue weighted by molar-refractivity contribution is -0.0914. The molecule has 8 heteroatoms. The molecule has 5 fully saturated rings. The number of hydrogen-bond donors (Lipinski definition) is 2. The number of nitrogens with one attached hydrogen (secondary N) is 2. The molecule has 0 spiro atoms. The Kier molecular flexibility index (Phi) is 4.84. The Morgan fingerprint density at radius 2 is 1.97 bits per heavy atom. The van der Waals surface area contributed by atoms with Gasteiger partial charge in [-0.25, -0.2) is 0 Å². The van der Waals surface area contributed by atoms with Crippen LogP contribution >= 0.6 is 11.6 Å². The number of carbonyl (C=O) groups excluding carboxylic acids is 1. The van der Waals surface area contributed by atoms with E-state index in [2.05, 4.69) is 28.7 Å². The molecule has 34 heavy (non-hydrogen) atoms. The van der Waals surface area contributed by atoms with Gasteiger partial charge in [0.05, 0.1) is 27.9 Å². The maximum Gasteiger partial charge on any atom is 0.255 e. The third-order valence-electron chi connectivity index (χ3n) is 8.48. The normalized spacial score (nSPS) is 31.5. The number of benzene rings is 1. The second kappa shape index (κ2) is 7.59. The summed E-state index contributed by atoms with van der Waals surface area (Å²) in [6.45, 7) is 3.93. The summed E-state index contributed by atoms with van der Waals surface area (Å²) in [6, 6.07) is 8.84. The molecule has 2 heterocycles. The highest BCUT2D eigenvalue weighted by Crippen LogP contribution is 2.61. The van der Waals surface area contributed by atoms with Crippen LogP contribution in [0.25, 0.3) is 0 Å². The summed E-state index contributed by atoms with van der Waals surface area (Å²) < 4.78 is 1.79. The van der Waals surface area contributed by atoms with Crippen LogP contribution in [0.3, 0.4) is 0 Å². The highest BCUT2D eigenvalue weighted by Gasteiger charge is 2.58. The molecule has 1 aromatic carbocycles. The van der Waals surface area contributed by atoms with Crippen molar-refractivity contribution in [2.24, 2.45) is 17.8 Å². The fourth-order valence-corrected chi connectivity index (χ4v) is 6.72. The van der Waals surface area contributed by atoms with E-state index in [0.29, 0.717) is 45.3 Å². The van der Waals surface area contributed by atoms with Gasteiger partial charge < -0.3 is 20.1 Å². The van der Waals surface area contributed by atoms with Crippen LogP contribution < -0.4 is 16.2 Å². The quantitative estimate of drug-likeness (QED) is 0.666. The first kappa shape index (κ1) is 21.7. The Morgan fingerprint density at radius 1 is 1.26 bits per heavy atom. The van der Waals surface area contributed by atoms with Gasteiger partial charge in [-0.15, -0.1) is 0 Å². The molecule has 1 aliphatic heterocycles. The number of rotatable bonds is 6. The van der Waals surface area contributed by atoms with Crippen LogP contribution in [-0.4, -0.2) is 41.6 Å². The van der Waals surface area contributed by atoms with Crippen molar-refractivity contribution in [3.8, 4) is 6.07 Å². The van der Waals surface area contributed by atoms with Crippen LogP contribution in [0.4, 0.5) is 5.69 Å². The van der Waals surface area contributed by atoms with Crippen molar-refractivity contribution in [1.29, 1.82) is 5.26 Å². The first-order valence-electron chi connectivity index (χ1n) is 12.0. The lowest BCUT2D eigenvalue weighted by Gasteiger charge is -2.62. The number of anilines is 1. The average molecular weight is 478 g/mol. The average Bonchev–Trinajstić information content (AvgIpc) is 3.18. The molecular weight excluding hydrogens is 450 g/mol. The van der Waals surface area contributed by atoms with Crippen LogP contribution in [0.5, 0.6) is 0 Å². The predicted molar refractivity (Wildman–Crippen MR) is 130 cm³/mol. The summed E-state index contributed by atoms with van der Waals surface area (Å²) >= 11 is 6.41. The van der Waals surface area contributed by atoms with E-state index in [4.69, 9.17) is 11.6 Å². The second-order valence-electron chi connectivity index (χ2n) is 10.7. The minimum atomic E-state index is -0.398. The third-order valence-corrected chi connectivity index (χ3v) is 8.90. The maximum atomic E-state index is 13.5. The van der Waals surface area contributed by atoms with Crippen molar-refractivity contribution in [3.05, 3.63) is 62.5 Å². The number of fused-ring (bicyclic) bond motifs is 1. The van der Waals surface area contributed by atoms with E-state index < -0.39 is 6.04 Å². The molecule has 1 amide bonds. The number of amides is 1. The van der Waals surface area contributed by atoms with Crippen molar-refractivity contribution in [2.45, 2.75) is 43.8 Å². The first-order valence-corrected chi connectivity index (χ1v) is 12.4. The zero-order valence-electron chi connectivity index (χ0n) is 19.3. The molecule has 0 radical (unpaired) electrons. The van der Waals surface area contributed by atoms with Crippen molar-refractivity contribution in [3.63, 3.8) is 0 Å². The Bertz CT molecular complexity index is 1270. The zero-order valence-corrected chi connectivity index (χ0v) is 20.1. The van der Waals surface area contributed by atoms with Gasteiger partial charge in [0.1, 0.15) is 6.07 Å². The van der Waals surface area contributed by atoms with Gasteiger partial charge in [0.25, 0.3) is 11.5 Å². The van der Waals surface area contributed by atoms with Gasteiger partial charge in [-0.1, -0.05) is 23.7 Å². The van der Waals surface area contributed by atoms with Gasteiger partial charge in [0.2, 0.25) is 0 Å². The van der Waals surface area contributed by atoms with E-state index in [1.54, 1.807) is 29.0 Å². The van der Waals surface area contributed by atoms with E-state index in [0.717, 1.165) is 38.3 Å². The summed E-state index contributed by atoms with van der Waals surface area (Å²) in [7, 11) is 2.13. The largest absolute Gasteiger partial charge is 0.381 e. The van der Waals surface area contributed by atoms with Crippen LogP contribution in [0.2, 0.25) is 5.02 Å². The van der Waals surface area contributed by atoms with E-state index in [1.165, 1.54) is 0 Å². The molecular formula is C26H28ClN5O2. The number of halogens is 1. The van der Waals surface area contributed by atoms with Crippen LogP contribution in [-0.2, 0) is 5.54 Å². The Hall–Kier alpha value is -2.82. The fourth-order valence-electron chi connectivity index (χ4n) is 6.39. The minimum absolute atomic E-state index is 0.0436. The molecule has 4 aliphatic carbocycles. The number of likely N-dealkylation sites (tertiary alicyclic amines) is 1. The Balaban J connectivity index is 1.30. The number of pyridine rings is 1. The molecule has 7 nitrogen and oxygen atoms in total. The van der Waals surface area contributed by atoms with Crippen molar-refractivity contribution >= 4 is 23.2 Å². The van der Waals surface area contributed by atoms with Gasteiger partial charge in [0, 0.05) is 36.9 Å². The zero-order chi connectivity index (χ0) is 23.8. The lowest BCUT2D eigenvalue weighted by atomic mass is 9.49. The molecule has 1 saturated heterocycles. The van der Waals surface area contributed by atoms with Crippen molar-refractivity contribution < 1.29 is 4.79 Å². The molecule has 176 valence electrons. The number of nitrogens with zero attached hydrogens (tertiary/aromatic N) is 3. The van der Waals surface area contributed by atoms with Crippen molar-refractivity contribution in [1.82, 2.24) is 14.8 Å². The fraction of sp³-hybridized carbons (Fsp3) is 0.500. The monoisotopic (exact) mass is 477 g/mol. The second-order valence-corrected chi connectivity index (χ2v) is 11.1. The Labute approximate surface area is 203 Å². The molecule has 5 aliphatic rings. The number of piperidine rings is 1. The lowest BCUT2D eigenvalue weighted by Crippen LogP contribution is -2.62. The summed E-state index contributed by atoms with van der Waals surface area (Å²) in [5, 5.41) is 16.2. The summed E-state index contributed by atoms with van der Waals surface area (Å²) in [5.74, 6) is 1.59. The minimum Gasteiger partial charge on any atom is -0.381 e. The van der Waals surface area contributed by atoms with Gasteiger partial charge in [-0.2, -0.15) is 5.26 Å². The topological polar surface area (TPSA) is 90.2 Å². The smallest absolute Gasteiger partial charge is 0.255 e. The molecule has 1 aromatic heterocycles. The molecule has 2 N–H and O–H groups in total. The molecule has 4 saturated carbocycles. The van der Waals surface area contributed by atoms with Crippen LogP contribution in [0.15, 0.2) is 35.3 Å². The molecule has 1 unspecified atom stereocenters. The number of nitriles is 1. The predicted octanol–water partition coefficient (Wildman–Crippen LogP) is 3.35. The molecule has 2 aromatic rings. The van der Waals surface area contributed by atoms with Crippen LogP contribution in [0, 0.1) is 29.1 Å². The summed E-state index contributed by atoms with van der Waals surface area (Å²) in [6.07, 6.45) is 4.83. The van der Waals surface area contributed by atoms with E-state index >= 15 is 0 Å². The number of hydrogen-bond acceptors (Lipinski definition) is 5. The highest BCUT2D eigenvalue weighted by molar-refractivity contribution is 6.32. The van der Waals surface area contributed by atoms with Crippen molar-refractivity contribution in [2.75, 3.05) is 25.5 Å². The standard InChI is InChI=1S/C26H28ClN5O2/c1-14(17-5-3-4-16(10-28)23(17)27)29-25(34)20-13-32(26-7-15(8-26)9-26)22(33)6-21(20)30-24-18-11-31(2)12-19(18)24/h3-6,13-15,18-19,24,30H,7-9,11-12H2,1-2H3,(H,29,34)/t14-,15?,18-,19+,24?,26?/m0/s1. The molecule has 7 rings (SSSR count). The van der Waals surface area contributed by atoms with Gasteiger partial charge in [-0.05, 0) is 62.6 Å². The first-order chi connectivity index (χ1) is 16.3. The van der Waals surface area contributed by atoms with E-state index in [9.17, 15) is 14.9 Å². The maximum absolute atomic E-state index is 13.5. The summed E-state index contributed by atoms with van der Waals surface area (Å²) in [4.78, 5) is 28.9. The third kappa shape index (κ3) is 3.27. The van der Waals surface area contributed by atoms with Crippen LogP contribution in [0.1, 0.15) is 53.7 Å². The van der Waals surface area contributed by atoms with E-state index in [-0.39, 0.29) is 17.0 Å². The van der Waals surface area contributed by atoms with Gasteiger partial charge in [0.15, 0.2) is 0 Å².